The molecule has 1 atom stereocenters. The van der Waals surface area contributed by atoms with E-state index in [2.05, 4.69) is 16.5 Å². The van der Waals surface area contributed by atoms with Crippen molar-refractivity contribution in [2.24, 2.45) is 0 Å². The lowest BCUT2D eigenvalue weighted by molar-refractivity contribution is -0.130. The molecule has 0 bridgehead atoms. The highest BCUT2D eigenvalue weighted by Crippen LogP contribution is 2.36. The average molecular weight is 412 g/mol. The first kappa shape index (κ1) is 19.7. The van der Waals surface area contributed by atoms with Gasteiger partial charge in [0, 0.05) is 37.0 Å². The standard InChI is InChI=1S/C22H25N3O3S/c1-27-18-7-5-17(6-8-18)22(9-13-28-14-10-22)21(26)23-16-19(20-4-2-15-29-20)25-12-3-11-24-25/h2-8,11-12,15,19H,9-10,13-14,16H2,1H3,(H,23,26). The Kier molecular flexibility index (Phi) is 5.97. The number of hydrogen-bond donors (Lipinski definition) is 1. The average Bonchev–Trinajstić information content (AvgIpc) is 3.49. The highest BCUT2D eigenvalue weighted by atomic mass is 32.1. The second-order valence-electron chi connectivity index (χ2n) is 7.15. The molecule has 1 aromatic carbocycles. The third kappa shape index (κ3) is 4.06. The van der Waals surface area contributed by atoms with Gasteiger partial charge in [-0.1, -0.05) is 18.2 Å². The van der Waals surface area contributed by atoms with Gasteiger partial charge in [0.2, 0.25) is 5.91 Å². The van der Waals surface area contributed by atoms with Crippen molar-refractivity contribution in [2.45, 2.75) is 24.3 Å². The molecule has 152 valence electrons. The van der Waals surface area contributed by atoms with Crippen molar-refractivity contribution in [1.82, 2.24) is 15.1 Å². The smallest absolute Gasteiger partial charge is 0.230 e. The van der Waals surface area contributed by atoms with Gasteiger partial charge in [0.25, 0.3) is 0 Å². The van der Waals surface area contributed by atoms with Crippen molar-refractivity contribution in [3.05, 3.63) is 70.7 Å². The maximum Gasteiger partial charge on any atom is 0.230 e. The quantitative estimate of drug-likeness (QED) is 0.647. The predicted octanol–water partition coefficient (Wildman–Crippen LogP) is 3.41. The van der Waals surface area contributed by atoms with E-state index in [1.165, 1.54) is 4.88 Å². The number of ether oxygens (including phenoxy) is 2. The first-order valence-electron chi connectivity index (χ1n) is 9.76. The number of rotatable bonds is 7. The maximum absolute atomic E-state index is 13.5. The van der Waals surface area contributed by atoms with Crippen molar-refractivity contribution >= 4 is 17.2 Å². The molecule has 1 saturated heterocycles. The van der Waals surface area contributed by atoms with Gasteiger partial charge in [-0.25, -0.2) is 0 Å². The third-order valence-corrected chi connectivity index (χ3v) is 6.57. The Morgan fingerprint density at radius 1 is 1.28 bits per heavy atom. The molecule has 1 aliphatic rings. The molecule has 1 fully saturated rings. The number of thiophene rings is 1. The lowest BCUT2D eigenvalue weighted by atomic mass is 9.73. The van der Waals surface area contributed by atoms with E-state index < -0.39 is 5.41 Å². The van der Waals surface area contributed by atoms with Gasteiger partial charge in [0.05, 0.1) is 12.5 Å². The number of carbonyl (C=O) groups is 1. The molecule has 2 aromatic heterocycles. The van der Waals surface area contributed by atoms with Gasteiger partial charge in [-0.3, -0.25) is 9.48 Å². The van der Waals surface area contributed by atoms with Crippen molar-refractivity contribution in [3.63, 3.8) is 0 Å². The van der Waals surface area contributed by atoms with E-state index in [1.54, 1.807) is 24.6 Å². The van der Waals surface area contributed by atoms with Crippen LogP contribution in [0.15, 0.2) is 60.2 Å². The van der Waals surface area contributed by atoms with E-state index in [-0.39, 0.29) is 11.9 Å². The predicted molar refractivity (Wildman–Crippen MR) is 112 cm³/mol. The molecule has 1 aliphatic heterocycles. The fourth-order valence-electron chi connectivity index (χ4n) is 3.91. The minimum absolute atomic E-state index is 0.0262. The van der Waals surface area contributed by atoms with Crippen LogP contribution in [0.5, 0.6) is 5.75 Å². The maximum atomic E-state index is 13.5. The summed E-state index contributed by atoms with van der Waals surface area (Å²) in [4.78, 5) is 14.7. The lowest BCUT2D eigenvalue weighted by Gasteiger charge is -2.36. The zero-order valence-electron chi connectivity index (χ0n) is 16.4. The fraction of sp³-hybridized carbons (Fsp3) is 0.364. The molecule has 4 rings (SSSR count). The van der Waals surface area contributed by atoms with Gasteiger partial charge in [-0.05, 0) is 48.1 Å². The van der Waals surface area contributed by atoms with Crippen LogP contribution in [0.2, 0.25) is 0 Å². The summed E-state index contributed by atoms with van der Waals surface area (Å²) >= 11 is 1.67. The van der Waals surface area contributed by atoms with Crippen LogP contribution in [0.25, 0.3) is 0 Å². The van der Waals surface area contributed by atoms with E-state index in [0.29, 0.717) is 32.6 Å². The normalized spacial score (nSPS) is 16.9. The van der Waals surface area contributed by atoms with Gasteiger partial charge in [-0.15, -0.1) is 11.3 Å². The minimum Gasteiger partial charge on any atom is -0.497 e. The van der Waals surface area contributed by atoms with Gasteiger partial charge < -0.3 is 14.8 Å². The van der Waals surface area contributed by atoms with E-state index >= 15 is 0 Å². The number of hydrogen-bond acceptors (Lipinski definition) is 5. The number of methoxy groups -OCH3 is 1. The summed E-state index contributed by atoms with van der Waals surface area (Å²) in [6, 6.07) is 13.8. The molecule has 0 spiro atoms. The van der Waals surface area contributed by atoms with E-state index in [1.807, 2.05) is 52.7 Å². The Bertz CT molecular complexity index is 867. The Morgan fingerprint density at radius 3 is 2.69 bits per heavy atom. The van der Waals surface area contributed by atoms with Gasteiger partial charge in [0.15, 0.2) is 0 Å². The van der Waals surface area contributed by atoms with E-state index in [4.69, 9.17) is 9.47 Å². The second-order valence-corrected chi connectivity index (χ2v) is 8.13. The van der Waals surface area contributed by atoms with Crippen molar-refractivity contribution in [1.29, 1.82) is 0 Å². The Morgan fingerprint density at radius 2 is 2.07 bits per heavy atom. The molecule has 0 aliphatic carbocycles. The van der Waals surface area contributed by atoms with Crippen molar-refractivity contribution in [3.8, 4) is 5.75 Å². The largest absolute Gasteiger partial charge is 0.497 e. The van der Waals surface area contributed by atoms with Crippen molar-refractivity contribution in [2.75, 3.05) is 26.9 Å². The summed E-state index contributed by atoms with van der Waals surface area (Å²) in [6.45, 7) is 1.64. The number of carbonyl (C=O) groups excluding carboxylic acids is 1. The van der Waals surface area contributed by atoms with Crippen LogP contribution < -0.4 is 10.1 Å². The third-order valence-electron chi connectivity index (χ3n) is 5.60. The highest BCUT2D eigenvalue weighted by Gasteiger charge is 2.41. The summed E-state index contributed by atoms with van der Waals surface area (Å²) in [5.41, 5.74) is 0.417. The number of amides is 1. The summed E-state index contributed by atoms with van der Waals surface area (Å²) in [5.74, 6) is 0.826. The summed E-state index contributed by atoms with van der Waals surface area (Å²) in [6.07, 6.45) is 5.02. The Balaban J connectivity index is 1.56. The molecule has 0 radical (unpaired) electrons. The van der Waals surface area contributed by atoms with E-state index in [0.717, 1.165) is 11.3 Å². The Hall–Kier alpha value is -2.64. The molecule has 1 unspecified atom stereocenters. The van der Waals surface area contributed by atoms with Crippen LogP contribution in [0.3, 0.4) is 0 Å². The molecule has 29 heavy (non-hydrogen) atoms. The van der Waals surface area contributed by atoms with Crippen LogP contribution >= 0.6 is 11.3 Å². The summed E-state index contributed by atoms with van der Waals surface area (Å²) < 4.78 is 12.7. The second kappa shape index (κ2) is 8.80. The monoisotopic (exact) mass is 411 g/mol. The number of benzene rings is 1. The molecule has 7 heteroatoms. The van der Waals surface area contributed by atoms with Crippen LogP contribution in [-0.2, 0) is 14.9 Å². The van der Waals surface area contributed by atoms with Crippen molar-refractivity contribution < 1.29 is 14.3 Å². The fourth-order valence-corrected chi connectivity index (χ4v) is 4.73. The van der Waals surface area contributed by atoms with Crippen LogP contribution in [-0.4, -0.2) is 42.6 Å². The van der Waals surface area contributed by atoms with Gasteiger partial charge >= 0.3 is 0 Å². The van der Waals surface area contributed by atoms with Crippen LogP contribution in [0, 0.1) is 0 Å². The molecular weight excluding hydrogens is 386 g/mol. The molecule has 0 saturated carbocycles. The SMILES string of the molecule is COc1ccc(C2(C(=O)NCC(c3cccs3)n3cccn3)CCOCC2)cc1. The first-order chi connectivity index (χ1) is 14.2. The molecule has 6 nitrogen and oxygen atoms in total. The highest BCUT2D eigenvalue weighted by molar-refractivity contribution is 7.10. The molecule has 3 heterocycles. The number of aromatic nitrogens is 2. The number of nitrogens with one attached hydrogen (secondary N) is 1. The van der Waals surface area contributed by atoms with E-state index in [9.17, 15) is 4.79 Å². The minimum atomic E-state index is -0.589. The number of nitrogens with zero attached hydrogens (tertiary/aromatic N) is 2. The zero-order chi connectivity index (χ0) is 20.1. The lowest BCUT2D eigenvalue weighted by Crippen LogP contribution is -2.49. The summed E-state index contributed by atoms with van der Waals surface area (Å²) in [7, 11) is 1.64. The van der Waals surface area contributed by atoms with Gasteiger partial charge in [-0.2, -0.15) is 5.10 Å². The topological polar surface area (TPSA) is 65.4 Å². The summed E-state index contributed by atoms with van der Waals surface area (Å²) in [5, 5.41) is 9.66. The van der Waals surface area contributed by atoms with Crippen LogP contribution in [0.1, 0.15) is 29.3 Å². The zero-order valence-corrected chi connectivity index (χ0v) is 17.2. The van der Waals surface area contributed by atoms with Crippen LogP contribution in [0.4, 0.5) is 0 Å². The molecular formula is C22H25N3O3S. The molecule has 3 aromatic rings. The molecule has 1 amide bonds. The van der Waals surface area contributed by atoms with Gasteiger partial charge in [0.1, 0.15) is 11.8 Å². The first-order valence-corrected chi connectivity index (χ1v) is 10.6. The Labute approximate surface area is 174 Å². The molecule has 1 N–H and O–H groups in total.